The Bertz CT molecular complexity index is 632. The minimum absolute atomic E-state index is 0.00988. The molecule has 1 aromatic carbocycles. The molecule has 5 heteroatoms. The Labute approximate surface area is 125 Å². The van der Waals surface area contributed by atoms with Gasteiger partial charge in [0.25, 0.3) is 0 Å². The van der Waals surface area contributed by atoms with Gasteiger partial charge in [-0.15, -0.1) is 11.3 Å². The largest absolute Gasteiger partial charge is 0.495 e. The van der Waals surface area contributed by atoms with Gasteiger partial charge in [-0.1, -0.05) is 19.1 Å². The first-order valence-corrected chi connectivity index (χ1v) is 8.42. The van der Waals surface area contributed by atoms with Crippen molar-refractivity contribution in [1.82, 2.24) is 0 Å². The Morgan fingerprint density at radius 3 is 2.65 bits per heavy atom. The molecule has 1 atom stereocenters. The number of benzene rings is 1. The van der Waals surface area contributed by atoms with E-state index in [0.29, 0.717) is 15.5 Å². The number of Topliss-reactive ketones (excluding diaryl/α,β-unsaturated/α-hetero) is 1. The minimum Gasteiger partial charge on any atom is -0.495 e. The zero-order chi connectivity index (χ0) is 14.5. The van der Waals surface area contributed by atoms with Crippen LogP contribution in [0.4, 0.5) is 0 Å². The van der Waals surface area contributed by atoms with Crippen LogP contribution >= 0.6 is 11.3 Å². The van der Waals surface area contributed by atoms with Crippen LogP contribution in [0.5, 0.6) is 5.75 Å². The Balaban J connectivity index is 2.13. The molecule has 0 spiro atoms. The van der Waals surface area contributed by atoms with Crippen molar-refractivity contribution in [3.63, 3.8) is 0 Å². The number of aryl methyl sites for hydroxylation is 1. The lowest BCUT2D eigenvalue weighted by Gasteiger charge is -2.06. The standard InChI is InChI=1S/C15H16O3S2/c1-3-11-8-9-14(19-11)12(16)10-20(17)15-7-5-4-6-13(15)18-2/h4-9H,3,10H2,1-2H3. The SMILES string of the molecule is CCc1ccc(C(=O)CS(=O)c2ccccc2OC)s1. The normalized spacial score (nSPS) is 12.1. The van der Waals surface area contributed by atoms with Crippen molar-refractivity contribution in [3.8, 4) is 5.75 Å². The van der Waals surface area contributed by atoms with Crippen molar-refractivity contribution in [2.24, 2.45) is 0 Å². The summed E-state index contributed by atoms with van der Waals surface area (Å²) in [6, 6.07) is 10.8. The van der Waals surface area contributed by atoms with Crippen molar-refractivity contribution in [3.05, 3.63) is 46.2 Å². The maximum absolute atomic E-state index is 12.3. The van der Waals surface area contributed by atoms with Gasteiger partial charge in [0.1, 0.15) is 5.75 Å². The molecule has 0 bridgehead atoms. The van der Waals surface area contributed by atoms with Gasteiger partial charge in [0.05, 0.1) is 33.4 Å². The number of hydrogen-bond acceptors (Lipinski definition) is 4. The molecule has 2 aromatic rings. The lowest BCUT2D eigenvalue weighted by molar-refractivity contribution is 0.102. The van der Waals surface area contributed by atoms with Crippen LogP contribution in [-0.2, 0) is 17.2 Å². The summed E-state index contributed by atoms with van der Waals surface area (Å²) < 4.78 is 17.5. The molecule has 1 heterocycles. The van der Waals surface area contributed by atoms with E-state index in [0.717, 1.165) is 11.3 Å². The predicted octanol–water partition coefficient (Wildman–Crippen LogP) is 3.31. The van der Waals surface area contributed by atoms with Gasteiger partial charge in [0.15, 0.2) is 5.78 Å². The van der Waals surface area contributed by atoms with Gasteiger partial charge < -0.3 is 4.74 Å². The smallest absolute Gasteiger partial charge is 0.185 e. The number of thiophene rings is 1. The molecule has 0 radical (unpaired) electrons. The van der Waals surface area contributed by atoms with E-state index in [1.165, 1.54) is 18.4 Å². The highest BCUT2D eigenvalue weighted by Gasteiger charge is 2.16. The van der Waals surface area contributed by atoms with Crippen LogP contribution in [-0.4, -0.2) is 22.9 Å². The Morgan fingerprint density at radius 2 is 2.00 bits per heavy atom. The maximum atomic E-state index is 12.3. The first-order valence-electron chi connectivity index (χ1n) is 6.29. The van der Waals surface area contributed by atoms with Crippen molar-refractivity contribution in [2.45, 2.75) is 18.2 Å². The quantitative estimate of drug-likeness (QED) is 0.769. The van der Waals surface area contributed by atoms with Crippen molar-refractivity contribution >= 4 is 27.9 Å². The van der Waals surface area contributed by atoms with Crippen LogP contribution in [0.3, 0.4) is 0 Å². The third-order valence-electron chi connectivity index (χ3n) is 2.86. The summed E-state index contributed by atoms with van der Waals surface area (Å²) in [5.74, 6) is 0.460. The number of hydrogen-bond donors (Lipinski definition) is 0. The van der Waals surface area contributed by atoms with Gasteiger partial charge in [-0.05, 0) is 30.7 Å². The topological polar surface area (TPSA) is 43.4 Å². The molecule has 0 fully saturated rings. The van der Waals surface area contributed by atoms with Crippen LogP contribution < -0.4 is 4.74 Å². The van der Waals surface area contributed by atoms with Crippen LogP contribution in [0.25, 0.3) is 0 Å². The van der Waals surface area contributed by atoms with Gasteiger partial charge in [-0.2, -0.15) is 0 Å². The molecule has 20 heavy (non-hydrogen) atoms. The minimum atomic E-state index is -1.39. The summed E-state index contributed by atoms with van der Waals surface area (Å²) in [6.45, 7) is 2.05. The zero-order valence-corrected chi connectivity index (χ0v) is 13.1. The molecule has 0 aliphatic carbocycles. The van der Waals surface area contributed by atoms with Crippen molar-refractivity contribution in [1.29, 1.82) is 0 Å². The van der Waals surface area contributed by atoms with Gasteiger partial charge in [-0.3, -0.25) is 9.00 Å². The predicted molar refractivity (Wildman–Crippen MR) is 82.3 cm³/mol. The summed E-state index contributed by atoms with van der Waals surface area (Å²) in [7, 11) is 0.146. The Morgan fingerprint density at radius 1 is 1.25 bits per heavy atom. The molecule has 1 unspecified atom stereocenters. The van der Waals surface area contributed by atoms with Gasteiger partial charge in [-0.25, -0.2) is 0 Å². The molecule has 0 saturated carbocycles. The van der Waals surface area contributed by atoms with Gasteiger partial charge in [0, 0.05) is 4.88 Å². The van der Waals surface area contributed by atoms with E-state index >= 15 is 0 Å². The third kappa shape index (κ3) is 3.35. The molecule has 0 saturated heterocycles. The number of methoxy groups -OCH3 is 1. The average molecular weight is 308 g/mol. The lowest BCUT2D eigenvalue weighted by Crippen LogP contribution is -2.10. The van der Waals surface area contributed by atoms with E-state index in [4.69, 9.17) is 4.74 Å². The number of para-hydroxylation sites is 1. The number of rotatable bonds is 6. The van der Waals surface area contributed by atoms with E-state index in [9.17, 15) is 9.00 Å². The van der Waals surface area contributed by atoms with Crippen LogP contribution in [0.2, 0.25) is 0 Å². The fraction of sp³-hybridized carbons (Fsp3) is 0.267. The van der Waals surface area contributed by atoms with E-state index < -0.39 is 10.8 Å². The molecule has 3 nitrogen and oxygen atoms in total. The second-order valence-electron chi connectivity index (χ2n) is 4.18. The number of ketones is 1. The Kier molecular flexibility index (Phi) is 5.09. The maximum Gasteiger partial charge on any atom is 0.185 e. The summed E-state index contributed by atoms with van der Waals surface area (Å²) in [6.07, 6.45) is 0.910. The second kappa shape index (κ2) is 6.81. The number of ether oxygens (including phenoxy) is 1. The van der Waals surface area contributed by atoms with Crippen LogP contribution in [0.15, 0.2) is 41.3 Å². The molecule has 0 aliphatic rings. The summed E-state index contributed by atoms with van der Waals surface area (Å²) in [4.78, 5) is 14.5. The van der Waals surface area contributed by atoms with Crippen molar-refractivity contribution in [2.75, 3.05) is 12.9 Å². The highest BCUT2D eigenvalue weighted by Crippen LogP contribution is 2.23. The summed E-state index contributed by atoms with van der Waals surface area (Å²) in [5, 5.41) is 0. The molecule has 1 aromatic heterocycles. The van der Waals surface area contributed by atoms with E-state index in [2.05, 4.69) is 0 Å². The zero-order valence-electron chi connectivity index (χ0n) is 11.4. The highest BCUT2D eigenvalue weighted by molar-refractivity contribution is 7.86. The fourth-order valence-electron chi connectivity index (χ4n) is 1.79. The average Bonchev–Trinajstić information content (AvgIpc) is 2.96. The number of carbonyl (C=O) groups is 1. The molecule has 2 rings (SSSR count). The first-order chi connectivity index (χ1) is 9.65. The molecular weight excluding hydrogens is 292 g/mol. The molecule has 106 valence electrons. The van der Waals surface area contributed by atoms with E-state index in [-0.39, 0.29) is 11.5 Å². The summed E-state index contributed by atoms with van der Waals surface area (Å²) in [5.41, 5.74) is 0. The molecule has 0 amide bonds. The second-order valence-corrected chi connectivity index (χ2v) is 6.77. The monoisotopic (exact) mass is 308 g/mol. The third-order valence-corrected chi connectivity index (χ3v) is 5.48. The fourth-order valence-corrected chi connectivity index (χ4v) is 3.92. The number of carbonyl (C=O) groups excluding carboxylic acids is 1. The highest BCUT2D eigenvalue weighted by atomic mass is 32.2. The van der Waals surface area contributed by atoms with E-state index in [1.807, 2.05) is 25.1 Å². The Hall–Kier alpha value is -1.46. The van der Waals surface area contributed by atoms with Gasteiger partial charge in [0.2, 0.25) is 0 Å². The van der Waals surface area contributed by atoms with Crippen LogP contribution in [0, 0.1) is 0 Å². The first kappa shape index (κ1) is 14.9. The van der Waals surface area contributed by atoms with Gasteiger partial charge >= 0.3 is 0 Å². The molecule has 0 N–H and O–H groups in total. The lowest BCUT2D eigenvalue weighted by atomic mass is 10.3. The molecular formula is C15H16O3S2. The molecule has 0 aliphatic heterocycles. The van der Waals surface area contributed by atoms with Crippen molar-refractivity contribution < 1.29 is 13.7 Å². The van der Waals surface area contributed by atoms with Crippen LogP contribution in [0.1, 0.15) is 21.5 Å². The summed E-state index contributed by atoms with van der Waals surface area (Å²) >= 11 is 1.47. The van der Waals surface area contributed by atoms with E-state index in [1.54, 1.807) is 18.2 Å².